The minimum atomic E-state index is -0.0660. The van der Waals surface area contributed by atoms with Gasteiger partial charge in [-0.15, -0.1) is 0 Å². The second kappa shape index (κ2) is 10.3. The molecule has 0 radical (unpaired) electrons. The van der Waals surface area contributed by atoms with Crippen molar-refractivity contribution in [2.45, 2.75) is 45.1 Å². The molecule has 1 aliphatic rings. The highest BCUT2D eigenvalue weighted by Crippen LogP contribution is 2.21. The van der Waals surface area contributed by atoms with Crippen molar-refractivity contribution in [3.63, 3.8) is 0 Å². The Balaban J connectivity index is 1.30. The Morgan fingerprint density at radius 1 is 1.03 bits per heavy atom. The molecule has 3 aromatic rings. The first kappa shape index (κ1) is 21.8. The Morgan fingerprint density at radius 3 is 2.47 bits per heavy atom. The van der Waals surface area contributed by atoms with Gasteiger partial charge in [-0.3, -0.25) is 9.59 Å². The molecule has 2 heterocycles. The lowest BCUT2D eigenvalue weighted by Gasteiger charge is -2.25. The molecule has 1 saturated heterocycles. The molecule has 1 atom stereocenters. The predicted octanol–water partition coefficient (Wildman–Crippen LogP) is 4.78. The molecule has 6 heteroatoms. The van der Waals surface area contributed by atoms with Crippen LogP contribution >= 0.6 is 0 Å². The molecule has 0 aliphatic carbocycles. The van der Waals surface area contributed by atoms with Crippen LogP contribution < -0.4 is 5.32 Å². The van der Waals surface area contributed by atoms with Crippen molar-refractivity contribution in [3.8, 4) is 11.5 Å². The summed E-state index contributed by atoms with van der Waals surface area (Å²) in [6, 6.07) is 17.7. The Hall–Kier alpha value is -3.41. The third-order valence-corrected chi connectivity index (χ3v) is 5.92. The van der Waals surface area contributed by atoms with Crippen molar-refractivity contribution in [2.24, 2.45) is 0 Å². The summed E-state index contributed by atoms with van der Waals surface area (Å²) in [5.74, 6) is 0.561. The molecule has 0 saturated carbocycles. The van der Waals surface area contributed by atoms with E-state index in [1.807, 2.05) is 59.5 Å². The minimum Gasteiger partial charge on any atom is -0.444 e. The largest absolute Gasteiger partial charge is 0.444 e. The molecule has 1 aliphatic heterocycles. The first-order chi connectivity index (χ1) is 15.6. The minimum absolute atomic E-state index is 0.0268. The fourth-order valence-corrected chi connectivity index (χ4v) is 3.98. The van der Waals surface area contributed by atoms with E-state index in [-0.39, 0.29) is 17.7 Å². The van der Waals surface area contributed by atoms with Crippen molar-refractivity contribution in [1.82, 2.24) is 15.2 Å². The molecule has 2 amide bonds. The number of carbonyl (C=O) groups is 2. The standard InChI is InChI=1S/C26H29N3O3/c1-19(21-8-4-2-5-9-21)16-24(30)27-17-20-10-12-22(13-11-20)25-28-23(18-32-25)26(31)29-14-6-3-7-15-29/h2,4-5,8-13,18-19H,3,6-7,14-17H2,1H3,(H,27,30). The van der Waals surface area contributed by atoms with Gasteiger partial charge in [-0.2, -0.15) is 0 Å². The summed E-state index contributed by atoms with van der Waals surface area (Å²) >= 11 is 0. The van der Waals surface area contributed by atoms with E-state index in [2.05, 4.69) is 17.2 Å². The topological polar surface area (TPSA) is 75.4 Å². The Labute approximate surface area is 188 Å². The van der Waals surface area contributed by atoms with Crippen molar-refractivity contribution in [1.29, 1.82) is 0 Å². The monoisotopic (exact) mass is 431 g/mol. The molecule has 1 fully saturated rings. The van der Waals surface area contributed by atoms with Crippen LogP contribution in [0.15, 0.2) is 65.3 Å². The van der Waals surface area contributed by atoms with E-state index in [4.69, 9.17) is 4.42 Å². The first-order valence-corrected chi connectivity index (χ1v) is 11.3. The van der Waals surface area contributed by atoms with Gasteiger partial charge >= 0.3 is 0 Å². The molecular formula is C26H29N3O3. The van der Waals surface area contributed by atoms with Gasteiger partial charge in [0.15, 0.2) is 5.69 Å². The maximum atomic E-state index is 12.6. The van der Waals surface area contributed by atoms with Gasteiger partial charge in [-0.05, 0) is 48.4 Å². The van der Waals surface area contributed by atoms with E-state index in [1.165, 1.54) is 12.7 Å². The molecule has 2 aromatic carbocycles. The fourth-order valence-electron chi connectivity index (χ4n) is 3.98. The average Bonchev–Trinajstić information content (AvgIpc) is 3.34. The smallest absolute Gasteiger partial charge is 0.275 e. The lowest BCUT2D eigenvalue weighted by molar-refractivity contribution is -0.121. The van der Waals surface area contributed by atoms with Crippen LogP contribution in [0, 0.1) is 0 Å². The third-order valence-electron chi connectivity index (χ3n) is 5.92. The quantitative estimate of drug-likeness (QED) is 0.584. The van der Waals surface area contributed by atoms with E-state index in [0.29, 0.717) is 24.6 Å². The first-order valence-electron chi connectivity index (χ1n) is 11.3. The number of piperidine rings is 1. The summed E-state index contributed by atoms with van der Waals surface area (Å²) in [6.45, 7) is 4.09. The molecule has 0 spiro atoms. The van der Waals surface area contributed by atoms with Crippen LogP contribution in [0.1, 0.15) is 60.1 Å². The van der Waals surface area contributed by atoms with Gasteiger partial charge < -0.3 is 14.6 Å². The van der Waals surface area contributed by atoms with Gasteiger partial charge in [0.2, 0.25) is 11.8 Å². The van der Waals surface area contributed by atoms with E-state index in [9.17, 15) is 9.59 Å². The zero-order chi connectivity index (χ0) is 22.3. The highest BCUT2D eigenvalue weighted by atomic mass is 16.3. The molecule has 4 rings (SSSR count). The Bertz CT molecular complexity index is 1040. The SMILES string of the molecule is CC(CC(=O)NCc1ccc(-c2nc(C(=O)N3CCCCC3)co2)cc1)c1ccccc1. The highest BCUT2D eigenvalue weighted by molar-refractivity contribution is 5.92. The summed E-state index contributed by atoms with van der Waals surface area (Å²) in [5.41, 5.74) is 3.31. The number of nitrogens with one attached hydrogen (secondary N) is 1. The number of benzene rings is 2. The summed E-state index contributed by atoms with van der Waals surface area (Å²) in [7, 11) is 0. The maximum Gasteiger partial charge on any atom is 0.275 e. The van der Waals surface area contributed by atoms with E-state index in [1.54, 1.807) is 0 Å². The van der Waals surface area contributed by atoms with Crippen LogP contribution in [0.2, 0.25) is 0 Å². The molecule has 0 bridgehead atoms. The number of oxazole rings is 1. The van der Waals surface area contributed by atoms with Crippen LogP contribution in [0.25, 0.3) is 11.5 Å². The molecule has 1 unspecified atom stereocenters. The Kier molecular flexibility index (Phi) is 7.00. The summed E-state index contributed by atoms with van der Waals surface area (Å²) < 4.78 is 5.56. The maximum absolute atomic E-state index is 12.6. The van der Waals surface area contributed by atoms with Crippen LogP contribution in [0.4, 0.5) is 0 Å². The molecule has 6 nitrogen and oxygen atoms in total. The van der Waals surface area contributed by atoms with Crippen LogP contribution in [-0.2, 0) is 11.3 Å². The van der Waals surface area contributed by atoms with Crippen LogP contribution in [0.3, 0.4) is 0 Å². The number of aromatic nitrogens is 1. The Morgan fingerprint density at radius 2 is 1.75 bits per heavy atom. The molecule has 166 valence electrons. The number of nitrogens with zero attached hydrogens (tertiary/aromatic N) is 2. The number of rotatable bonds is 7. The fraction of sp³-hybridized carbons (Fsp3) is 0.346. The molecular weight excluding hydrogens is 402 g/mol. The normalized spacial score (nSPS) is 14.7. The van der Waals surface area contributed by atoms with E-state index >= 15 is 0 Å². The van der Waals surface area contributed by atoms with Crippen molar-refractivity contribution >= 4 is 11.8 Å². The summed E-state index contributed by atoms with van der Waals surface area (Å²) in [5, 5.41) is 2.99. The van der Waals surface area contributed by atoms with Crippen molar-refractivity contribution in [2.75, 3.05) is 13.1 Å². The number of likely N-dealkylation sites (tertiary alicyclic amines) is 1. The highest BCUT2D eigenvalue weighted by Gasteiger charge is 2.21. The van der Waals surface area contributed by atoms with Gasteiger partial charge in [-0.25, -0.2) is 4.98 Å². The predicted molar refractivity (Wildman–Crippen MR) is 123 cm³/mol. The van der Waals surface area contributed by atoms with Crippen LogP contribution in [-0.4, -0.2) is 34.8 Å². The van der Waals surface area contributed by atoms with Gasteiger partial charge in [-0.1, -0.05) is 49.4 Å². The van der Waals surface area contributed by atoms with Crippen molar-refractivity contribution < 1.29 is 14.0 Å². The molecule has 1 N–H and O–H groups in total. The van der Waals surface area contributed by atoms with E-state index < -0.39 is 0 Å². The second-order valence-electron chi connectivity index (χ2n) is 8.38. The number of amides is 2. The summed E-state index contributed by atoms with van der Waals surface area (Å²) in [6.07, 6.45) is 5.15. The van der Waals surface area contributed by atoms with Gasteiger partial charge in [0, 0.05) is 31.6 Å². The second-order valence-corrected chi connectivity index (χ2v) is 8.38. The van der Waals surface area contributed by atoms with Gasteiger partial charge in [0.25, 0.3) is 5.91 Å². The number of hydrogen-bond donors (Lipinski definition) is 1. The van der Waals surface area contributed by atoms with Crippen LogP contribution in [0.5, 0.6) is 0 Å². The molecule has 32 heavy (non-hydrogen) atoms. The average molecular weight is 432 g/mol. The van der Waals surface area contributed by atoms with E-state index in [0.717, 1.165) is 42.6 Å². The van der Waals surface area contributed by atoms with Crippen molar-refractivity contribution in [3.05, 3.63) is 77.7 Å². The zero-order valence-corrected chi connectivity index (χ0v) is 18.4. The van der Waals surface area contributed by atoms with Gasteiger partial charge in [0.05, 0.1) is 0 Å². The van der Waals surface area contributed by atoms with Gasteiger partial charge in [0.1, 0.15) is 6.26 Å². The third kappa shape index (κ3) is 5.44. The molecule has 1 aromatic heterocycles. The summed E-state index contributed by atoms with van der Waals surface area (Å²) in [4.78, 5) is 31.1. The lowest BCUT2D eigenvalue weighted by Crippen LogP contribution is -2.35. The number of carbonyl (C=O) groups excluding carboxylic acids is 2. The lowest BCUT2D eigenvalue weighted by atomic mass is 9.97. The zero-order valence-electron chi connectivity index (χ0n) is 18.4. The number of hydrogen-bond acceptors (Lipinski definition) is 4.